The number of fused-ring (bicyclic) bond motifs is 4. The molecule has 1 aromatic heterocycles. The number of aromatic nitrogens is 2. The molecule has 0 radical (unpaired) electrons. The van der Waals surface area contributed by atoms with Gasteiger partial charge in [0, 0.05) is 36.1 Å². The van der Waals surface area contributed by atoms with Crippen molar-refractivity contribution >= 4 is 39.1 Å². The highest BCUT2D eigenvalue weighted by Crippen LogP contribution is 2.42. The van der Waals surface area contributed by atoms with Crippen LogP contribution in [0.25, 0.3) is 32.8 Å². The molecular weight excluding hydrogens is 481 g/mol. The Labute approximate surface area is 213 Å². The standard InChI is InChI=1S/C27H27ClFN5O2/c28-22-12-21-25(24(29)23(22)20-11-18(35)10-15-4-1-2-5-19(15)20)32-27(36-9-3-8-30)33-26(21)34-13-16-6-7-17(14-34)31-16/h1-2,4-5,10-12,16-17,31,35H,3,6-9,13-14,30H2/t16-,17+. The highest BCUT2D eigenvalue weighted by molar-refractivity contribution is 6.35. The fourth-order valence-corrected chi connectivity index (χ4v) is 5.72. The van der Waals surface area contributed by atoms with Crippen LogP contribution < -0.4 is 20.7 Å². The van der Waals surface area contributed by atoms with Gasteiger partial charge in [-0.3, -0.25) is 0 Å². The second kappa shape index (κ2) is 9.35. The maximum Gasteiger partial charge on any atom is 0.319 e. The topological polar surface area (TPSA) is 96.5 Å². The van der Waals surface area contributed by atoms with Crippen molar-refractivity contribution in [2.45, 2.75) is 31.3 Å². The summed E-state index contributed by atoms with van der Waals surface area (Å²) in [5, 5.41) is 16.3. The Balaban J connectivity index is 1.56. The average molecular weight is 508 g/mol. The summed E-state index contributed by atoms with van der Waals surface area (Å²) in [4.78, 5) is 11.4. The Morgan fingerprint density at radius 3 is 2.67 bits per heavy atom. The molecule has 9 heteroatoms. The Hall–Kier alpha value is -3.20. The third kappa shape index (κ3) is 4.09. The average Bonchev–Trinajstić information content (AvgIpc) is 3.21. The predicted octanol–water partition coefficient (Wildman–Crippen LogP) is 4.62. The van der Waals surface area contributed by atoms with E-state index in [4.69, 9.17) is 27.1 Å². The van der Waals surface area contributed by atoms with E-state index in [0.29, 0.717) is 48.4 Å². The van der Waals surface area contributed by atoms with Gasteiger partial charge in [0.05, 0.1) is 11.6 Å². The third-order valence-electron chi connectivity index (χ3n) is 7.05. The predicted molar refractivity (Wildman–Crippen MR) is 140 cm³/mol. The first-order chi connectivity index (χ1) is 17.5. The molecule has 0 spiro atoms. The summed E-state index contributed by atoms with van der Waals surface area (Å²) >= 11 is 6.77. The van der Waals surface area contributed by atoms with Crippen molar-refractivity contribution in [1.82, 2.24) is 15.3 Å². The number of nitrogens with two attached hydrogens (primary N) is 1. The van der Waals surface area contributed by atoms with Crippen molar-refractivity contribution < 1.29 is 14.2 Å². The normalized spacial score (nSPS) is 19.4. The molecule has 0 aliphatic carbocycles. The maximum atomic E-state index is 16.4. The van der Waals surface area contributed by atoms with Gasteiger partial charge < -0.3 is 25.8 Å². The molecule has 0 amide bonds. The maximum absolute atomic E-state index is 16.4. The van der Waals surface area contributed by atoms with Crippen LogP contribution in [-0.4, -0.2) is 53.4 Å². The molecule has 2 aliphatic heterocycles. The fraction of sp³-hybridized carbons (Fsp3) is 0.333. The van der Waals surface area contributed by atoms with Gasteiger partial charge in [0.2, 0.25) is 0 Å². The number of hydrogen-bond donors (Lipinski definition) is 3. The zero-order chi connectivity index (χ0) is 24.8. The molecule has 2 aliphatic rings. The van der Waals surface area contributed by atoms with Crippen LogP contribution >= 0.6 is 11.6 Å². The molecule has 0 unspecified atom stereocenters. The summed E-state index contributed by atoms with van der Waals surface area (Å²) in [5.74, 6) is 0.0812. The van der Waals surface area contributed by atoms with Crippen molar-refractivity contribution in [1.29, 1.82) is 0 Å². The second-order valence-electron chi connectivity index (χ2n) is 9.52. The van der Waals surface area contributed by atoms with Crippen LogP contribution in [0.3, 0.4) is 0 Å². The first-order valence-corrected chi connectivity index (χ1v) is 12.7. The largest absolute Gasteiger partial charge is 0.508 e. The lowest BCUT2D eigenvalue weighted by atomic mass is 9.96. The van der Waals surface area contributed by atoms with Crippen LogP contribution in [0.1, 0.15) is 19.3 Å². The van der Waals surface area contributed by atoms with Crippen molar-refractivity contribution in [3.05, 3.63) is 53.3 Å². The highest BCUT2D eigenvalue weighted by Gasteiger charge is 2.34. The van der Waals surface area contributed by atoms with E-state index < -0.39 is 5.82 Å². The molecule has 7 nitrogen and oxygen atoms in total. The molecule has 2 fully saturated rings. The Kier molecular flexibility index (Phi) is 6.03. The molecule has 6 rings (SSSR count). The number of piperazine rings is 1. The zero-order valence-corrected chi connectivity index (χ0v) is 20.4. The molecular formula is C27H27ClFN5O2. The number of nitrogens with zero attached hydrogens (tertiary/aromatic N) is 3. The number of benzene rings is 3. The van der Waals surface area contributed by atoms with Gasteiger partial charge in [-0.25, -0.2) is 4.39 Å². The van der Waals surface area contributed by atoms with Gasteiger partial charge in [-0.05, 0) is 60.3 Å². The number of hydrogen-bond acceptors (Lipinski definition) is 7. The van der Waals surface area contributed by atoms with Crippen LogP contribution in [0.5, 0.6) is 11.8 Å². The molecule has 4 N–H and O–H groups in total. The van der Waals surface area contributed by atoms with E-state index in [9.17, 15) is 5.11 Å². The van der Waals surface area contributed by atoms with E-state index in [-0.39, 0.29) is 27.9 Å². The number of anilines is 1. The molecule has 0 saturated carbocycles. The van der Waals surface area contributed by atoms with Gasteiger partial charge in [0.25, 0.3) is 0 Å². The van der Waals surface area contributed by atoms with Crippen molar-refractivity contribution in [2.24, 2.45) is 5.73 Å². The first-order valence-electron chi connectivity index (χ1n) is 12.3. The van der Waals surface area contributed by atoms with E-state index in [1.165, 1.54) is 6.07 Å². The van der Waals surface area contributed by atoms with E-state index in [1.54, 1.807) is 12.1 Å². The molecule has 3 aromatic carbocycles. The van der Waals surface area contributed by atoms with Crippen molar-refractivity contribution in [3.63, 3.8) is 0 Å². The van der Waals surface area contributed by atoms with Gasteiger partial charge >= 0.3 is 6.01 Å². The second-order valence-corrected chi connectivity index (χ2v) is 9.93. The SMILES string of the molecule is NCCCOc1nc(N2C[C@H]3CC[C@@H](C2)N3)c2cc(Cl)c(-c3cc(O)cc4ccccc34)c(F)c2n1. The van der Waals surface area contributed by atoms with Crippen LogP contribution in [0.4, 0.5) is 10.2 Å². The minimum absolute atomic E-state index is 0.0322. The van der Waals surface area contributed by atoms with Gasteiger partial charge in [-0.1, -0.05) is 35.9 Å². The number of halogens is 2. The lowest BCUT2D eigenvalue weighted by Gasteiger charge is -2.34. The number of nitrogens with one attached hydrogen (secondary N) is 1. The third-order valence-corrected chi connectivity index (χ3v) is 7.35. The van der Waals surface area contributed by atoms with E-state index in [2.05, 4.69) is 15.2 Å². The summed E-state index contributed by atoms with van der Waals surface area (Å²) in [7, 11) is 0. The van der Waals surface area contributed by atoms with Gasteiger partial charge in [-0.2, -0.15) is 9.97 Å². The van der Waals surface area contributed by atoms with Crippen molar-refractivity contribution in [3.8, 4) is 22.9 Å². The van der Waals surface area contributed by atoms with E-state index >= 15 is 4.39 Å². The summed E-state index contributed by atoms with van der Waals surface area (Å²) in [6, 6.07) is 13.3. The van der Waals surface area contributed by atoms with Crippen molar-refractivity contribution in [2.75, 3.05) is 31.1 Å². The Bertz CT molecular complexity index is 1450. The molecule has 186 valence electrons. The lowest BCUT2D eigenvalue weighted by molar-refractivity contribution is 0.289. The Morgan fingerprint density at radius 2 is 1.89 bits per heavy atom. The van der Waals surface area contributed by atoms with Crippen LogP contribution in [-0.2, 0) is 0 Å². The summed E-state index contributed by atoms with van der Waals surface area (Å²) in [6.45, 7) is 2.35. The number of ether oxygens (including phenoxy) is 1. The minimum atomic E-state index is -0.571. The number of phenols is 1. The number of rotatable bonds is 6. The number of aromatic hydroxyl groups is 1. The van der Waals surface area contributed by atoms with Crippen LogP contribution in [0.2, 0.25) is 5.02 Å². The molecule has 2 saturated heterocycles. The highest BCUT2D eigenvalue weighted by atomic mass is 35.5. The minimum Gasteiger partial charge on any atom is -0.508 e. The van der Waals surface area contributed by atoms with Gasteiger partial charge in [0.1, 0.15) is 17.1 Å². The number of phenolic OH excluding ortho intramolecular Hbond substituents is 1. The zero-order valence-electron chi connectivity index (χ0n) is 19.7. The first kappa shape index (κ1) is 23.2. The molecule has 36 heavy (non-hydrogen) atoms. The molecule has 2 atom stereocenters. The van der Waals surface area contributed by atoms with Crippen LogP contribution in [0.15, 0.2) is 42.5 Å². The van der Waals surface area contributed by atoms with Gasteiger partial charge in [0.15, 0.2) is 5.82 Å². The van der Waals surface area contributed by atoms with E-state index in [1.807, 2.05) is 24.3 Å². The summed E-state index contributed by atoms with van der Waals surface area (Å²) in [5.41, 5.74) is 6.45. The fourth-order valence-electron chi connectivity index (χ4n) is 5.43. The van der Waals surface area contributed by atoms with E-state index in [0.717, 1.165) is 36.7 Å². The molecule has 2 bridgehead atoms. The molecule has 3 heterocycles. The lowest BCUT2D eigenvalue weighted by Crippen LogP contribution is -2.51. The monoisotopic (exact) mass is 507 g/mol. The smallest absolute Gasteiger partial charge is 0.319 e. The summed E-state index contributed by atoms with van der Waals surface area (Å²) in [6.07, 6.45) is 2.85. The summed E-state index contributed by atoms with van der Waals surface area (Å²) < 4.78 is 22.2. The molecule has 4 aromatic rings. The van der Waals surface area contributed by atoms with Gasteiger partial charge in [-0.15, -0.1) is 0 Å². The van der Waals surface area contributed by atoms with Crippen LogP contribution in [0, 0.1) is 5.82 Å². The Morgan fingerprint density at radius 1 is 1.11 bits per heavy atom. The quantitative estimate of drug-likeness (QED) is 0.328.